The molecule has 2 aliphatic heterocycles. The lowest BCUT2D eigenvalue weighted by Gasteiger charge is -2.42. The van der Waals surface area contributed by atoms with E-state index in [4.69, 9.17) is 4.43 Å². The van der Waals surface area contributed by atoms with Crippen LogP contribution in [0.5, 0.6) is 0 Å². The Labute approximate surface area is 135 Å². The van der Waals surface area contributed by atoms with Gasteiger partial charge in [-0.3, -0.25) is 4.90 Å². The van der Waals surface area contributed by atoms with Gasteiger partial charge in [-0.1, -0.05) is 30.3 Å². The molecule has 2 saturated heterocycles. The van der Waals surface area contributed by atoms with Crippen molar-refractivity contribution in [1.29, 1.82) is 5.26 Å². The topological polar surface area (TPSA) is 36.3 Å². The van der Waals surface area contributed by atoms with Crippen LogP contribution >= 0.6 is 0 Å². The summed E-state index contributed by atoms with van der Waals surface area (Å²) in [5.74, 6) is 0.123. The van der Waals surface area contributed by atoms with Gasteiger partial charge in [-0.25, -0.2) is 0 Å². The molecule has 22 heavy (non-hydrogen) atoms. The molecule has 0 N–H and O–H groups in total. The van der Waals surface area contributed by atoms with Crippen molar-refractivity contribution in [2.45, 2.75) is 63.6 Å². The standard InChI is InChI=1S/C18H26N2OSi/c1-22(2,3)21-17-10-9-16-11-15(12-19)18(17)20(16)13-14-7-5-4-6-8-14/h4-8,15-18H,9-11,13H2,1-3H3/t15-,16+,17-,18+/m0/s1. The van der Waals surface area contributed by atoms with Crippen LogP contribution in [0.15, 0.2) is 30.3 Å². The van der Waals surface area contributed by atoms with Crippen LogP contribution in [-0.2, 0) is 11.0 Å². The van der Waals surface area contributed by atoms with Gasteiger partial charge in [0, 0.05) is 12.6 Å². The zero-order valence-electron chi connectivity index (χ0n) is 13.8. The van der Waals surface area contributed by atoms with Crippen LogP contribution in [-0.4, -0.2) is 31.4 Å². The number of hydrogen-bond acceptors (Lipinski definition) is 3. The van der Waals surface area contributed by atoms with E-state index in [1.54, 1.807) is 0 Å². The Morgan fingerprint density at radius 3 is 2.59 bits per heavy atom. The Morgan fingerprint density at radius 1 is 1.23 bits per heavy atom. The van der Waals surface area contributed by atoms with Gasteiger partial charge in [-0.05, 0) is 44.5 Å². The Morgan fingerprint density at radius 2 is 1.95 bits per heavy atom. The van der Waals surface area contributed by atoms with Gasteiger partial charge in [-0.15, -0.1) is 0 Å². The molecule has 0 amide bonds. The summed E-state index contributed by atoms with van der Waals surface area (Å²) >= 11 is 0. The van der Waals surface area contributed by atoms with Gasteiger partial charge >= 0.3 is 0 Å². The molecule has 4 atom stereocenters. The lowest BCUT2D eigenvalue weighted by Crippen LogP contribution is -2.52. The summed E-state index contributed by atoms with van der Waals surface area (Å²) in [6.07, 6.45) is 3.53. The van der Waals surface area contributed by atoms with Crippen LogP contribution in [0.2, 0.25) is 19.6 Å². The third-order valence-corrected chi connectivity index (χ3v) is 5.84. The average Bonchev–Trinajstić information content (AvgIpc) is 2.70. The van der Waals surface area contributed by atoms with Crippen molar-refractivity contribution in [3.63, 3.8) is 0 Å². The molecule has 2 aliphatic rings. The number of benzene rings is 1. The van der Waals surface area contributed by atoms with Crippen molar-refractivity contribution >= 4 is 8.32 Å². The quantitative estimate of drug-likeness (QED) is 0.794. The number of rotatable bonds is 4. The van der Waals surface area contributed by atoms with Crippen LogP contribution in [0, 0.1) is 17.2 Å². The fraction of sp³-hybridized carbons (Fsp3) is 0.611. The van der Waals surface area contributed by atoms with Gasteiger partial charge in [0.2, 0.25) is 0 Å². The minimum absolute atomic E-state index is 0.123. The van der Waals surface area contributed by atoms with Crippen LogP contribution in [0.4, 0.5) is 0 Å². The van der Waals surface area contributed by atoms with E-state index in [1.807, 2.05) is 0 Å². The Bertz CT molecular complexity index is 548. The van der Waals surface area contributed by atoms with Gasteiger partial charge in [0.25, 0.3) is 0 Å². The molecule has 0 saturated carbocycles. The van der Waals surface area contributed by atoms with Gasteiger partial charge in [-0.2, -0.15) is 5.26 Å². The Balaban J connectivity index is 1.82. The monoisotopic (exact) mass is 314 g/mol. The smallest absolute Gasteiger partial charge is 0.184 e. The van der Waals surface area contributed by atoms with Gasteiger partial charge in [0.1, 0.15) is 0 Å². The maximum atomic E-state index is 9.59. The summed E-state index contributed by atoms with van der Waals surface area (Å²) in [5, 5.41) is 9.59. The number of nitrogens with zero attached hydrogens (tertiary/aromatic N) is 2. The van der Waals surface area contributed by atoms with Crippen molar-refractivity contribution in [2.24, 2.45) is 5.92 Å². The highest BCUT2D eigenvalue weighted by atomic mass is 28.4. The summed E-state index contributed by atoms with van der Waals surface area (Å²) in [7, 11) is -1.58. The number of nitriles is 1. The third kappa shape index (κ3) is 3.27. The SMILES string of the molecule is C[Si](C)(C)O[C@H]1CC[C@@H]2C[C@@H](C#N)[C@H]1N2Cc1ccccc1. The lowest BCUT2D eigenvalue weighted by molar-refractivity contribution is 0.0137. The van der Waals surface area contributed by atoms with Crippen LogP contribution < -0.4 is 0 Å². The minimum atomic E-state index is -1.58. The maximum absolute atomic E-state index is 9.59. The fourth-order valence-electron chi connectivity index (χ4n) is 4.07. The van der Waals surface area contributed by atoms with Crippen LogP contribution in [0.3, 0.4) is 0 Å². The van der Waals surface area contributed by atoms with Gasteiger partial charge in [0.15, 0.2) is 8.32 Å². The van der Waals surface area contributed by atoms with E-state index in [-0.39, 0.29) is 18.1 Å². The van der Waals surface area contributed by atoms with Crippen molar-refractivity contribution in [1.82, 2.24) is 4.90 Å². The molecular weight excluding hydrogens is 288 g/mol. The molecule has 3 rings (SSSR count). The van der Waals surface area contributed by atoms with Crippen molar-refractivity contribution < 1.29 is 4.43 Å². The molecule has 1 aromatic carbocycles. The second-order valence-electron chi connectivity index (χ2n) is 7.62. The Hall–Kier alpha value is -1.15. The van der Waals surface area contributed by atoms with E-state index < -0.39 is 8.32 Å². The molecule has 2 bridgehead atoms. The summed E-state index contributed by atoms with van der Waals surface area (Å²) in [4.78, 5) is 2.55. The van der Waals surface area contributed by atoms with Crippen molar-refractivity contribution in [3.05, 3.63) is 35.9 Å². The Kier molecular flexibility index (Phi) is 4.40. The first kappa shape index (κ1) is 15.7. The highest BCUT2D eigenvalue weighted by Gasteiger charge is 2.49. The average molecular weight is 315 g/mol. The van der Waals surface area contributed by atoms with Crippen LogP contribution in [0.25, 0.3) is 0 Å². The van der Waals surface area contributed by atoms with E-state index in [9.17, 15) is 5.26 Å². The molecule has 0 unspecified atom stereocenters. The predicted octanol–water partition coefficient (Wildman–Crippen LogP) is 3.78. The molecule has 0 aliphatic carbocycles. The summed E-state index contributed by atoms with van der Waals surface area (Å²) in [6, 6.07) is 14.0. The first-order valence-electron chi connectivity index (χ1n) is 8.35. The summed E-state index contributed by atoms with van der Waals surface area (Å²) in [5.41, 5.74) is 1.34. The van der Waals surface area contributed by atoms with E-state index in [1.165, 1.54) is 5.56 Å². The molecule has 1 aromatic rings. The number of fused-ring (bicyclic) bond motifs is 2. The van der Waals surface area contributed by atoms with Gasteiger partial charge < -0.3 is 4.43 Å². The molecule has 4 heteroatoms. The fourth-order valence-corrected chi connectivity index (χ4v) is 5.23. The first-order chi connectivity index (χ1) is 10.5. The third-order valence-electron chi connectivity index (χ3n) is 4.83. The van der Waals surface area contributed by atoms with Crippen LogP contribution in [0.1, 0.15) is 24.8 Å². The number of hydrogen-bond donors (Lipinski definition) is 0. The molecule has 2 heterocycles. The normalized spacial score (nSPS) is 31.9. The molecule has 0 aromatic heterocycles. The van der Waals surface area contributed by atoms with E-state index in [2.05, 4.69) is 60.9 Å². The second-order valence-corrected chi connectivity index (χ2v) is 12.1. The van der Waals surface area contributed by atoms with Crippen molar-refractivity contribution in [3.8, 4) is 6.07 Å². The summed E-state index contributed by atoms with van der Waals surface area (Å²) in [6.45, 7) is 7.69. The van der Waals surface area contributed by atoms with E-state index in [0.717, 1.165) is 25.8 Å². The molecule has 0 spiro atoms. The molecule has 0 radical (unpaired) electrons. The molecular formula is C18H26N2OSi. The van der Waals surface area contributed by atoms with E-state index in [0.29, 0.717) is 6.04 Å². The lowest BCUT2D eigenvalue weighted by atomic mass is 9.95. The van der Waals surface area contributed by atoms with E-state index >= 15 is 0 Å². The molecule has 2 fully saturated rings. The minimum Gasteiger partial charge on any atom is -0.413 e. The highest BCUT2D eigenvalue weighted by molar-refractivity contribution is 6.69. The molecule has 3 nitrogen and oxygen atoms in total. The van der Waals surface area contributed by atoms with Crippen molar-refractivity contribution in [2.75, 3.05) is 0 Å². The molecule has 118 valence electrons. The summed E-state index contributed by atoms with van der Waals surface area (Å²) < 4.78 is 6.45. The predicted molar refractivity (Wildman–Crippen MR) is 90.7 cm³/mol. The highest BCUT2D eigenvalue weighted by Crippen LogP contribution is 2.42. The second kappa shape index (κ2) is 6.15. The maximum Gasteiger partial charge on any atom is 0.184 e. The largest absolute Gasteiger partial charge is 0.413 e. The zero-order valence-corrected chi connectivity index (χ0v) is 14.8. The zero-order chi connectivity index (χ0) is 15.7. The van der Waals surface area contributed by atoms with Gasteiger partial charge in [0.05, 0.1) is 24.1 Å². The first-order valence-corrected chi connectivity index (χ1v) is 11.8. The number of piperidine rings is 1.